The summed E-state index contributed by atoms with van der Waals surface area (Å²) < 4.78 is 20.3. The van der Waals surface area contributed by atoms with Gasteiger partial charge in [-0.25, -0.2) is 19.3 Å². The van der Waals surface area contributed by atoms with Gasteiger partial charge in [-0.1, -0.05) is 57.2 Å². The number of nitrogens with one attached hydrogen (secondary N) is 4. The Hall–Kier alpha value is -8.19. The van der Waals surface area contributed by atoms with E-state index in [9.17, 15) is 38.7 Å². The molecule has 0 spiro atoms. The molecule has 3 aromatic heterocycles. The van der Waals surface area contributed by atoms with Crippen molar-refractivity contribution in [1.29, 1.82) is 5.26 Å². The first kappa shape index (κ1) is 53.1. The second kappa shape index (κ2) is 23.3. The molecule has 2 aliphatic rings. The van der Waals surface area contributed by atoms with E-state index in [1.165, 1.54) is 42.6 Å². The van der Waals surface area contributed by atoms with Crippen LogP contribution in [0.15, 0.2) is 96.9 Å². The van der Waals surface area contributed by atoms with E-state index in [0.29, 0.717) is 54.2 Å². The molecule has 5 heterocycles. The number of nitrogens with zero attached hydrogens (tertiary/aromatic N) is 8. The number of methoxy groups -OCH3 is 1. The van der Waals surface area contributed by atoms with Crippen LogP contribution in [0.2, 0.25) is 0 Å². The van der Waals surface area contributed by atoms with Crippen LogP contribution in [-0.4, -0.2) is 135 Å². The Balaban J connectivity index is 0.871. The Morgan fingerprint density at radius 2 is 1.71 bits per heavy atom. The van der Waals surface area contributed by atoms with Crippen molar-refractivity contribution in [3.63, 3.8) is 0 Å². The zero-order valence-electron chi connectivity index (χ0n) is 42.1. The molecule has 21 heteroatoms. The number of piperazine rings is 1. The summed E-state index contributed by atoms with van der Waals surface area (Å²) in [6.45, 7) is 8.65. The SMILES string of the molecule is COc1cccc(F)c1-c1nccc(C(=O)Nc2ccc(-c3cnccc3C#N)cc2N2CCN(CC(=O)NCC(=O)N[C@H](C(=O)N3C[C@H](O)C[C@H]3C(=O)NCc3ccc(-c4scnc4C)cc3)C(C)(C)C)CC2)n1. The highest BCUT2D eigenvalue weighted by atomic mass is 32.1. The van der Waals surface area contributed by atoms with E-state index in [-0.39, 0.29) is 48.9 Å². The van der Waals surface area contributed by atoms with E-state index in [1.54, 1.807) is 68.1 Å². The molecule has 3 aromatic carbocycles. The zero-order chi connectivity index (χ0) is 53.4. The third-order valence-corrected chi connectivity index (χ3v) is 14.0. The molecule has 2 fully saturated rings. The van der Waals surface area contributed by atoms with Crippen LogP contribution >= 0.6 is 11.3 Å². The second-order valence-electron chi connectivity index (χ2n) is 19.3. The van der Waals surface area contributed by atoms with Crippen LogP contribution in [0.1, 0.15) is 54.5 Å². The lowest BCUT2D eigenvalue weighted by molar-refractivity contribution is -0.144. The number of ether oxygens (including phenoxy) is 1. The van der Waals surface area contributed by atoms with Crippen molar-refractivity contribution < 1.29 is 38.2 Å². The molecular formula is C54H57FN12O7S. The smallest absolute Gasteiger partial charge is 0.274 e. The molecule has 388 valence electrons. The summed E-state index contributed by atoms with van der Waals surface area (Å²) in [7, 11) is 1.40. The lowest BCUT2D eigenvalue weighted by Crippen LogP contribution is -2.59. The predicted octanol–water partition coefficient (Wildman–Crippen LogP) is 4.96. The molecule has 3 atom stereocenters. The quantitative estimate of drug-likeness (QED) is 0.0861. The van der Waals surface area contributed by atoms with E-state index in [1.807, 2.05) is 47.1 Å². The molecule has 19 nitrogen and oxygen atoms in total. The Morgan fingerprint density at radius 3 is 2.41 bits per heavy atom. The molecule has 75 heavy (non-hydrogen) atoms. The van der Waals surface area contributed by atoms with Crippen molar-refractivity contribution >= 4 is 52.2 Å². The van der Waals surface area contributed by atoms with Gasteiger partial charge in [0.25, 0.3) is 5.91 Å². The highest BCUT2D eigenvalue weighted by Crippen LogP contribution is 2.35. The predicted molar refractivity (Wildman–Crippen MR) is 280 cm³/mol. The van der Waals surface area contributed by atoms with E-state index in [4.69, 9.17) is 4.74 Å². The summed E-state index contributed by atoms with van der Waals surface area (Å²) >= 11 is 1.55. The summed E-state index contributed by atoms with van der Waals surface area (Å²) in [6.07, 6.45) is 3.59. The van der Waals surface area contributed by atoms with Gasteiger partial charge < -0.3 is 40.9 Å². The number of carbonyl (C=O) groups is 5. The maximum atomic E-state index is 15.0. The van der Waals surface area contributed by atoms with Crippen LogP contribution in [0, 0.1) is 29.5 Å². The number of rotatable bonds is 16. The number of hydrogen-bond donors (Lipinski definition) is 5. The van der Waals surface area contributed by atoms with Crippen molar-refractivity contribution in [2.24, 2.45) is 5.41 Å². The fourth-order valence-electron chi connectivity index (χ4n) is 9.05. The number of anilines is 2. The molecule has 0 unspecified atom stereocenters. The number of benzene rings is 3. The Kier molecular flexibility index (Phi) is 16.5. The van der Waals surface area contributed by atoms with Gasteiger partial charge in [0.15, 0.2) is 5.82 Å². The van der Waals surface area contributed by atoms with Gasteiger partial charge in [0.1, 0.15) is 29.3 Å². The van der Waals surface area contributed by atoms with Crippen LogP contribution in [-0.2, 0) is 25.7 Å². The zero-order valence-corrected chi connectivity index (χ0v) is 42.9. The molecule has 5 N–H and O–H groups in total. The van der Waals surface area contributed by atoms with Gasteiger partial charge >= 0.3 is 0 Å². The van der Waals surface area contributed by atoms with Gasteiger partial charge in [-0.15, -0.1) is 11.3 Å². The highest BCUT2D eigenvalue weighted by Gasteiger charge is 2.44. The molecule has 2 saturated heterocycles. The first-order valence-corrected chi connectivity index (χ1v) is 25.1. The number of nitriles is 1. The van der Waals surface area contributed by atoms with Gasteiger partial charge in [0, 0.05) is 69.8 Å². The Bertz CT molecular complexity index is 3130. The number of aliphatic hydroxyl groups excluding tert-OH is 1. The number of amides is 5. The number of hydrogen-bond acceptors (Lipinski definition) is 15. The van der Waals surface area contributed by atoms with Gasteiger partial charge in [-0.3, -0.25) is 33.9 Å². The fourth-order valence-corrected chi connectivity index (χ4v) is 9.86. The van der Waals surface area contributed by atoms with Crippen molar-refractivity contribution in [2.45, 2.75) is 58.8 Å². The third kappa shape index (κ3) is 12.6. The molecule has 0 radical (unpaired) electrons. The number of aromatic nitrogens is 4. The Morgan fingerprint density at radius 1 is 0.947 bits per heavy atom. The second-order valence-corrected chi connectivity index (χ2v) is 20.1. The molecule has 2 aliphatic heterocycles. The van der Waals surface area contributed by atoms with Crippen LogP contribution in [0.3, 0.4) is 0 Å². The monoisotopic (exact) mass is 1040 g/mol. The maximum Gasteiger partial charge on any atom is 0.274 e. The normalized spacial score (nSPS) is 16.1. The number of halogens is 1. The number of carbonyl (C=O) groups excluding carboxylic acids is 5. The average molecular weight is 1040 g/mol. The number of thiazole rings is 1. The minimum atomic E-state index is -1.09. The van der Waals surface area contributed by atoms with Crippen LogP contribution in [0.5, 0.6) is 5.75 Å². The number of aliphatic hydroxyl groups is 1. The first-order chi connectivity index (χ1) is 36.0. The van der Waals surface area contributed by atoms with Gasteiger partial charge in [-0.05, 0) is 65.4 Å². The summed E-state index contributed by atoms with van der Waals surface area (Å²) in [4.78, 5) is 91.8. The topological polar surface area (TPSA) is 248 Å². The largest absolute Gasteiger partial charge is 0.496 e. The summed E-state index contributed by atoms with van der Waals surface area (Å²) in [5.41, 5.74) is 6.52. The van der Waals surface area contributed by atoms with E-state index >= 15 is 0 Å². The third-order valence-electron chi connectivity index (χ3n) is 13.0. The van der Waals surface area contributed by atoms with Crippen molar-refractivity contribution in [1.82, 2.24) is 45.7 Å². The van der Waals surface area contributed by atoms with E-state index < -0.39 is 65.5 Å². The van der Waals surface area contributed by atoms with Gasteiger partial charge in [-0.2, -0.15) is 5.26 Å². The van der Waals surface area contributed by atoms with Crippen LogP contribution < -0.4 is 30.9 Å². The first-order valence-electron chi connectivity index (χ1n) is 24.3. The van der Waals surface area contributed by atoms with Gasteiger partial charge in [0.05, 0.1) is 71.0 Å². The molecule has 0 bridgehead atoms. The Labute approximate surface area is 437 Å². The van der Waals surface area contributed by atoms with Crippen LogP contribution in [0.4, 0.5) is 15.8 Å². The maximum absolute atomic E-state index is 15.0. The summed E-state index contributed by atoms with van der Waals surface area (Å²) in [6, 6.07) is 20.6. The lowest BCUT2D eigenvalue weighted by Gasteiger charge is -2.37. The highest BCUT2D eigenvalue weighted by molar-refractivity contribution is 7.13. The molecular weight excluding hydrogens is 980 g/mol. The number of aryl methyl sites for hydroxylation is 1. The minimum Gasteiger partial charge on any atom is -0.496 e. The van der Waals surface area contributed by atoms with Gasteiger partial charge in [0.2, 0.25) is 23.6 Å². The number of β-amino-alcohol motifs (C(OH)–C–C–N with tert-alkyl or cyclic N) is 1. The summed E-state index contributed by atoms with van der Waals surface area (Å²) in [5, 5.41) is 31.8. The molecule has 5 amide bonds. The standard InChI is InChI=1S/C54H57FN12O7S/c1-32-48(75-31-61-32)34-11-9-33(10-12-34)26-60-52(72)43-24-37(68)29-67(43)53(73)49(54(2,3)4)64-45(69)28-59-46(70)30-65-19-21-66(22-20-65)42-23-35(38-27-57-17-15-36(38)25-56)13-14-40(42)63-51(71)41-16-18-58-50(62-41)47-39(55)7-6-8-44(47)74-5/h6-18,23,27,31,37,43,49,68H,19-22,24,26,28-30H2,1-5H3,(H,59,70)(H,60,72)(H,63,71)(H,64,69)/t37-,43+,49-/m1/s1. The average Bonchev–Trinajstić information content (AvgIpc) is 4.03. The molecule has 0 aliphatic carbocycles. The molecule has 6 aromatic rings. The molecule has 0 saturated carbocycles. The van der Waals surface area contributed by atoms with Crippen molar-refractivity contribution in [3.8, 4) is 44.8 Å². The van der Waals surface area contributed by atoms with Crippen molar-refractivity contribution in [3.05, 3.63) is 125 Å². The fraction of sp³-hybridized carbons (Fsp3) is 0.333. The molecule has 8 rings (SSSR count). The van der Waals surface area contributed by atoms with Crippen molar-refractivity contribution in [2.75, 3.05) is 63.1 Å². The van der Waals surface area contributed by atoms with Crippen LogP contribution in [0.25, 0.3) is 33.0 Å². The lowest BCUT2D eigenvalue weighted by atomic mass is 9.85. The summed E-state index contributed by atoms with van der Waals surface area (Å²) in [5.74, 6) is -3.01. The number of likely N-dealkylation sites (tertiary alicyclic amines) is 1. The van der Waals surface area contributed by atoms with E-state index in [0.717, 1.165) is 21.7 Å². The number of pyridine rings is 1. The van der Waals surface area contributed by atoms with E-state index in [2.05, 4.69) is 47.3 Å². The minimum absolute atomic E-state index is 0.00923.